The predicted octanol–water partition coefficient (Wildman–Crippen LogP) is 3.98. The highest BCUT2D eigenvalue weighted by Crippen LogP contribution is 2.30. The zero-order valence-electron chi connectivity index (χ0n) is 17.1. The molecule has 1 aromatic carbocycles. The summed E-state index contributed by atoms with van der Waals surface area (Å²) in [5, 5.41) is 2.51. The van der Waals surface area contributed by atoms with Gasteiger partial charge in [-0.25, -0.2) is 17.2 Å². The molecule has 3 heterocycles. The molecule has 2 aliphatic heterocycles. The molecule has 2 aromatic rings. The first-order valence-corrected chi connectivity index (χ1v) is 12.7. The molecule has 6 nitrogen and oxygen atoms in total. The van der Waals surface area contributed by atoms with Crippen LogP contribution in [0.4, 0.5) is 20.2 Å². The number of nitrogens with one attached hydrogen (secondary N) is 1. The van der Waals surface area contributed by atoms with Gasteiger partial charge in [0, 0.05) is 36.7 Å². The topological polar surface area (TPSA) is 69.7 Å². The standard InChI is InChI=1S/C21H25F2N3O3S2/c22-17-12-15(13-18(23)21(17)25-8-4-5-9-25)24-19(27)14-16-6-7-20(30-16)31(28,29)26-10-2-1-3-11-26/h6-7,12-13H,1-5,8-11,14H2,(H,24,27). The molecule has 2 saturated heterocycles. The highest BCUT2D eigenvalue weighted by atomic mass is 32.2. The van der Waals surface area contributed by atoms with Crippen molar-refractivity contribution in [1.29, 1.82) is 0 Å². The summed E-state index contributed by atoms with van der Waals surface area (Å²) < 4.78 is 56.1. The van der Waals surface area contributed by atoms with Gasteiger partial charge in [0.15, 0.2) is 11.6 Å². The molecule has 0 saturated carbocycles. The maximum absolute atomic E-state index is 14.4. The van der Waals surface area contributed by atoms with E-state index in [-0.39, 0.29) is 22.0 Å². The molecule has 0 radical (unpaired) electrons. The zero-order valence-corrected chi connectivity index (χ0v) is 18.7. The average molecular weight is 470 g/mol. The number of hydrogen-bond acceptors (Lipinski definition) is 5. The van der Waals surface area contributed by atoms with E-state index in [9.17, 15) is 22.0 Å². The molecule has 4 rings (SSSR count). The predicted molar refractivity (Wildman–Crippen MR) is 117 cm³/mol. The van der Waals surface area contributed by atoms with Gasteiger partial charge in [-0.3, -0.25) is 4.79 Å². The summed E-state index contributed by atoms with van der Waals surface area (Å²) in [5.74, 6) is -1.87. The number of nitrogens with zero attached hydrogens (tertiary/aromatic N) is 2. The number of anilines is 2. The number of amides is 1. The smallest absolute Gasteiger partial charge is 0.252 e. The van der Waals surface area contributed by atoms with Crippen molar-refractivity contribution >= 4 is 38.6 Å². The van der Waals surface area contributed by atoms with Crippen molar-refractivity contribution in [3.63, 3.8) is 0 Å². The van der Waals surface area contributed by atoms with Crippen LogP contribution in [-0.2, 0) is 21.2 Å². The van der Waals surface area contributed by atoms with Crippen LogP contribution in [0.15, 0.2) is 28.5 Å². The van der Waals surface area contributed by atoms with Gasteiger partial charge in [0.1, 0.15) is 9.90 Å². The molecule has 2 fully saturated rings. The number of halogens is 2. The van der Waals surface area contributed by atoms with Crippen molar-refractivity contribution in [2.45, 2.75) is 42.7 Å². The van der Waals surface area contributed by atoms with E-state index in [4.69, 9.17) is 0 Å². The van der Waals surface area contributed by atoms with E-state index in [1.165, 1.54) is 10.4 Å². The summed E-state index contributed by atoms with van der Waals surface area (Å²) in [5.41, 5.74) is -0.0121. The summed E-state index contributed by atoms with van der Waals surface area (Å²) in [6, 6.07) is 5.37. The first kappa shape index (κ1) is 22.2. The van der Waals surface area contributed by atoms with Crippen LogP contribution >= 0.6 is 11.3 Å². The Bertz CT molecular complexity index is 1040. The Morgan fingerprint density at radius 1 is 0.968 bits per heavy atom. The fraction of sp³-hybridized carbons (Fsp3) is 0.476. The van der Waals surface area contributed by atoms with E-state index in [0.717, 1.165) is 55.6 Å². The second-order valence-electron chi connectivity index (χ2n) is 7.89. The summed E-state index contributed by atoms with van der Waals surface area (Å²) >= 11 is 1.05. The fourth-order valence-electron chi connectivity index (χ4n) is 4.07. The van der Waals surface area contributed by atoms with E-state index >= 15 is 0 Å². The van der Waals surface area contributed by atoms with E-state index in [1.807, 2.05) is 0 Å². The number of piperidine rings is 1. The summed E-state index contributed by atoms with van der Waals surface area (Å²) in [4.78, 5) is 14.6. The monoisotopic (exact) mass is 469 g/mol. The molecule has 31 heavy (non-hydrogen) atoms. The highest BCUT2D eigenvalue weighted by molar-refractivity contribution is 7.91. The molecule has 1 N–H and O–H groups in total. The van der Waals surface area contributed by atoms with E-state index in [1.54, 1.807) is 11.0 Å². The van der Waals surface area contributed by atoms with Gasteiger partial charge in [0.05, 0.1) is 6.42 Å². The Hall–Kier alpha value is -2.04. The fourth-order valence-corrected chi connectivity index (χ4v) is 7.09. The maximum Gasteiger partial charge on any atom is 0.252 e. The van der Waals surface area contributed by atoms with Crippen LogP contribution in [-0.4, -0.2) is 44.8 Å². The van der Waals surface area contributed by atoms with E-state index < -0.39 is 27.6 Å². The number of carbonyl (C=O) groups excluding carboxylic acids is 1. The van der Waals surface area contributed by atoms with Gasteiger partial charge < -0.3 is 10.2 Å². The van der Waals surface area contributed by atoms with Crippen LogP contribution in [0.1, 0.15) is 37.0 Å². The van der Waals surface area contributed by atoms with Crippen LogP contribution in [0.2, 0.25) is 0 Å². The Morgan fingerprint density at radius 2 is 1.58 bits per heavy atom. The van der Waals surface area contributed by atoms with Gasteiger partial charge in [-0.2, -0.15) is 4.31 Å². The Balaban J connectivity index is 1.41. The van der Waals surface area contributed by atoms with E-state index in [2.05, 4.69) is 5.32 Å². The summed E-state index contributed by atoms with van der Waals surface area (Å²) in [7, 11) is -3.54. The number of thiophene rings is 1. The lowest BCUT2D eigenvalue weighted by atomic mass is 10.2. The molecule has 0 spiro atoms. The molecular formula is C21H25F2N3O3S2. The number of benzene rings is 1. The largest absolute Gasteiger partial charge is 0.367 e. The van der Waals surface area contributed by atoms with Crippen molar-refractivity contribution in [1.82, 2.24) is 4.31 Å². The lowest BCUT2D eigenvalue weighted by Gasteiger charge is -2.25. The molecule has 0 unspecified atom stereocenters. The number of hydrogen-bond donors (Lipinski definition) is 1. The molecule has 1 aromatic heterocycles. The van der Waals surface area contributed by atoms with Crippen molar-refractivity contribution in [3.8, 4) is 0 Å². The zero-order chi connectivity index (χ0) is 22.0. The third-order valence-electron chi connectivity index (χ3n) is 5.60. The average Bonchev–Trinajstić information content (AvgIpc) is 3.41. The van der Waals surface area contributed by atoms with Crippen molar-refractivity contribution in [3.05, 3.63) is 40.8 Å². The summed E-state index contributed by atoms with van der Waals surface area (Å²) in [6.45, 7) is 2.25. The minimum atomic E-state index is -3.54. The van der Waals surface area contributed by atoms with Crippen LogP contribution < -0.4 is 10.2 Å². The minimum absolute atomic E-state index is 0.0423. The van der Waals surface area contributed by atoms with Gasteiger partial charge in [0.25, 0.3) is 10.0 Å². The van der Waals surface area contributed by atoms with Gasteiger partial charge in [-0.05, 0) is 49.9 Å². The molecule has 2 aliphatic rings. The summed E-state index contributed by atoms with van der Waals surface area (Å²) in [6.07, 6.45) is 4.45. The number of sulfonamides is 1. The van der Waals surface area contributed by atoms with Crippen molar-refractivity contribution < 1.29 is 22.0 Å². The molecular weight excluding hydrogens is 444 g/mol. The Kier molecular flexibility index (Phi) is 6.59. The molecule has 0 atom stereocenters. The molecule has 0 bridgehead atoms. The lowest BCUT2D eigenvalue weighted by Crippen LogP contribution is -2.35. The van der Waals surface area contributed by atoms with Gasteiger partial charge >= 0.3 is 0 Å². The van der Waals surface area contributed by atoms with Gasteiger partial charge in [-0.1, -0.05) is 6.42 Å². The van der Waals surface area contributed by atoms with Crippen molar-refractivity contribution in [2.75, 3.05) is 36.4 Å². The Morgan fingerprint density at radius 3 is 2.23 bits per heavy atom. The van der Waals surface area contributed by atoms with Crippen molar-refractivity contribution in [2.24, 2.45) is 0 Å². The van der Waals surface area contributed by atoms with Crippen LogP contribution in [0.25, 0.3) is 0 Å². The number of rotatable bonds is 6. The number of carbonyl (C=O) groups is 1. The van der Waals surface area contributed by atoms with Crippen LogP contribution in [0, 0.1) is 11.6 Å². The van der Waals surface area contributed by atoms with Gasteiger partial charge in [0.2, 0.25) is 5.91 Å². The normalized spacial score (nSPS) is 17.8. The SMILES string of the molecule is O=C(Cc1ccc(S(=O)(=O)N2CCCCC2)s1)Nc1cc(F)c(N2CCCC2)c(F)c1. The molecule has 0 aliphatic carbocycles. The highest BCUT2D eigenvalue weighted by Gasteiger charge is 2.27. The van der Waals surface area contributed by atoms with E-state index in [0.29, 0.717) is 31.1 Å². The molecule has 10 heteroatoms. The second kappa shape index (κ2) is 9.22. The van der Waals surface area contributed by atoms with Gasteiger partial charge in [-0.15, -0.1) is 11.3 Å². The second-order valence-corrected chi connectivity index (χ2v) is 11.2. The third kappa shape index (κ3) is 4.91. The first-order chi connectivity index (χ1) is 14.8. The molecule has 1 amide bonds. The molecule has 168 valence electrons. The minimum Gasteiger partial charge on any atom is -0.367 e. The Labute approximate surface area is 184 Å². The third-order valence-corrected chi connectivity index (χ3v) is 9.06. The maximum atomic E-state index is 14.4. The van der Waals surface area contributed by atoms with Crippen LogP contribution in [0.5, 0.6) is 0 Å². The van der Waals surface area contributed by atoms with Crippen LogP contribution in [0.3, 0.4) is 0 Å². The lowest BCUT2D eigenvalue weighted by molar-refractivity contribution is -0.115. The first-order valence-electron chi connectivity index (χ1n) is 10.5. The quantitative estimate of drug-likeness (QED) is 0.695.